The van der Waals surface area contributed by atoms with Crippen LogP contribution in [-0.4, -0.2) is 25.6 Å². The van der Waals surface area contributed by atoms with Gasteiger partial charge in [0.2, 0.25) is 5.91 Å². The summed E-state index contributed by atoms with van der Waals surface area (Å²) in [5.74, 6) is 1.44. The average Bonchev–Trinajstić information content (AvgIpc) is 2.90. The van der Waals surface area contributed by atoms with Crippen molar-refractivity contribution in [1.29, 1.82) is 0 Å². The smallest absolute Gasteiger partial charge is 0.237 e. The van der Waals surface area contributed by atoms with Gasteiger partial charge in [0.1, 0.15) is 6.61 Å². The number of nitrogens with one attached hydrogen (secondary N) is 2. The van der Waals surface area contributed by atoms with E-state index in [1.54, 1.807) is 7.11 Å². The Morgan fingerprint density at radius 2 is 1.89 bits per heavy atom. The molecule has 6 heteroatoms. The van der Waals surface area contributed by atoms with Crippen LogP contribution in [-0.2, 0) is 17.9 Å². The summed E-state index contributed by atoms with van der Waals surface area (Å²) in [7, 11) is 1.63. The quantitative estimate of drug-likeness (QED) is 0.759. The maximum Gasteiger partial charge on any atom is 0.237 e. The van der Waals surface area contributed by atoms with Crippen LogP contribution in [0.2, 0.25) is 5.02 Å². The molecule has 5 nitrogen and oxygen atoms in total. The third-order valence-corrected chi connectivity index (χ3v) is 4.88. The topological polar surface area (TPSA) is 59.6 Å². The van der Waals surface area contributed by atoms with Gasteiger partial charge in [-0.05, 0) is 54.7 Å². The van der Waals surface area contributed by atoms with E-state index in [0.717, 1.165) is 36.9 Å². The van der Waals surface area contributed by atoms with Crippen molar-refractivity contribution in [2.75, 3.05) is 13.7 Å². The zero-order chi connectivity index (χ0) is 19.1. The molecule has 1 atom stereocenters. The second kappa shape index (κ2) is 9.62. The van der Waals surface area contributed by atoms with Crippen LogP contribution in [0, 0.1) is 0 Å². The fraction of sp³-hybridized carbons (Fsp3) is 0.381. The van der Waals surface area contributed by atoms with Crippen molar-refractivity contribution in [2.45, 2.75) is 38.5 Å². The van der Waals surface area contributed by atoms with Crippen LogP contribution >= 0.6 is 11.6 Å². The van der Waals surface area contributed by atoms with E-state index >= 15 is 0 Å². The van der Waals surface area contributed by atoms with Crippen LogP contribution in [0.3, 0.4) is 0 Å². The van der Waals surface area contributed by atoms with E-state index in [1.807, 2.05) is 42.5 Å². The second-order valence-corrected chi connectivity index (χ2v) is 7.06. The summed E-state index contributed by atoms with van der Waals surface area (Å²) in [4.78, 5) is 12.0. The first-order valence-electron chi connectivity index (χ1n) is 9.21. The number of benzene rings is 2. The van der Waals surface area contributed by atoms with Crippen molar-refractivity contribution in [3.63, 3.8) is 0 Å². The SMILES string of the molecule is COc1cc(CNC2CCCCNC2=O)ccc1OCc1ccc(Cl)cc1. The molecule has 2 aromatic rings. The highest BCUT2D eigenvalue weighted by atomic mass is 35.5. The molecular weight excluding hydrogens is 364 g/mol. The third kappa shape index (κ3) is 5.62. The number of hydrogen-bond donors (Lipinski definition) is 2. The van der Waals surface area contributed by atoms with E-state index < -0.39 is 0 Å². The highest BCUT2D eigenvalue weighted by Gasteiger charge is 2.19. The van der Waals surface area contributed by atoms with Gasteiger partial charge in [0, 0.05) is 18.1 Å². The van der Waals surface area contributed by atoms with Crippen molar-refractivity contribution in [1.82, 2.24) is 10.6 Å². The third-order valence-electron chi connectivity index (χ3n) is 4.62. The van der Waals surface area contributed by atoms with Gasteiger partial charge in [-0.25, -0.2) is 0 Å². The zero-order valence-electron chi connectivity index (χ0n) is 15.5. The Kier molecular flexibility index (Phi) is 6.96. The minimum absolute atomic E-state index is 0.0855. The Balaban J connectivity index is 1.59. The van der Waals surface area contributed by atoms with Gasteiger partial charge in [0.05, 0.1) is 13.2 Å². The lowest BCUT2D eigenvalue weighted by Crippen LogP contribution is -2.42. The first kappa shape index (κ1) is 19.5. The van der Waals surface area contributed by atoms with Gasteiger partial charge in [-0.2, -0.15) is 0 Å². The van der Waals surface area contributed by atoms with E-state index in [0.29, 0.717) is 29.7 Å². The van der Waals surface area contributed by atoms with E-state index in [4.69, 9.17) is 21.1 Å². The predicted molar refractivity (Wildman–Crippen MR) is 106 cm³/mol. The van der Waals surface area contributed by atoms with Crippen molar-refractivity contribution in [3.05, 3.63) is 58.6 Å². The number of halogens is 1. The second-order valence-electron chi connectivity index (χ2n) is 6.62. The normalized spacial score (nSPS) is 17.1. The lowest BCUT2D eigenvalue weighted by Gasteiger charge is -2.16. The summed E-state index contributed by atoms with van der Waals surface area (Å²) in [5.41, 5.74) is 2.08. The molecule has 1 aliphatic rings. The van der Waals surface area contributed by atoms with Crippen molar-refractivity contribution in [2.24, 2.45) is 0 Å². The number of methoxy groups -OCH3 is 1. The van der Waals surface area contributed by atoms with Crippen LogP contribution in [0.5, 0.6) is 11.5 Å². The largest absolute Gasteiger partial charge is 0.493 e. The van der Waals surface area contributed by atoms with Gasteiger partial charge >= 0.3 is 0 Å². The molecule has 2 aromatic carbocycles. The van der Waals surface area contributed by atoms with Crippen LogP contribution in [0.25, 0.3) is 0 Å². The maximum atomic E-state index is 12.0. The molecule has 27 heavy (non-hydrogen) atoms. The highest BCUT2D eigenvalue weighted by molar-refractivity contribution is 6.30. The maximum absolute atomic E-state index is 12.0. The first-order chi connectivity index (χ1) is 13.2. The molecule has 1 fully saturated rings. The van der Waals surface area contributed by atoms with Crippen molar-refractivity contribution in [3.8, 4) is 11.5 Å². The molecule has 0 bridgehead atoms. The fourth-order valence-electron chi connectivity index (χ4n) is 3.06. The Hall–Kier alpha value is -2.24. The van der Waals surface area contributed by atoms with E-state index in [-0.39, 0.29) is 11.9 Å². The van der Waals surface area contributed by atoms with E-state index in [2.05, 4.69) is 10.6 Å². The van der Waals surface area contributed by atoms with Crippen LogP contribution in [0.1, 0.15) is 30.4 Å². The molecule has 0 aromatic heterocycles. The van der Waals surface area contributed by atoms with Crippen LogP contribution in [0.4, 0.5) is 0 Å². The van der Waals surface area contributed by atoms with Crippen molar-refractivity contribution < 1.29 is 14.3 Å². The van der Waals surface area contributed by atoms with E-state index in [1.165, 1.54) is 0 Å². The predicted octanol–water partition coefficient (Wildman–Crippen LogP) is 3.69. The number of ether oxygens (including phenoxy) is 2. The molecule has 0 radical (unpaired) electrons. The molecule has 144 valence electrons. The monoisotopic (exact) mass is 388 g/mol. The van der Waals surface area contributed by atoms with Crippen LogP contribution in [0.15, 0.2) is 42.5 Å². The fourth-order valence-corrected chi connectivity index (χ4v) is 3.18. The molecule has 1 unspecified atom stereocenters. The summed E-state index contributed by atoms with van der Waals surface area (Å²) in [6.45, 7) is 1.81. The summed E-state index contributed by atoms with van der Waals surface area (Å²) in [6, 6.07) is 13.3. The number of carbonyl (C=O) groups is 1. The molecule has 2 N–H and O–H groups in total. The zero-order valence-corrected chi connectivity index (χ0v) is 16.2. The molecule has 3 rings (SSSR count). The molecule has 1 aliphatic heterocycles. The molecule has 1 heterocycles. The molecule has 0 saturated carbocycles. The molecule has 0 spiro atoms. The van der Waals surface area contributed by atoms with Gasteiger partial charge in [-0.15, -0.1) is 0 Å². The Morgan fingerprint density at radius 3 is 2.67 bits per heavy atom. The van der Waals surface area contributed by atoms with Gasteiger partial charge in [-0.3, -0.25) is 4.79 Å². The minimum Gasteiger partial charge on any atom is -0.493 e. The van der Waals surface area contributed by atoms with Crippen molar-refractivity contribution >= 4 is 17.5 Å². The number of carbonyl (C=O) groups excluding carboxylic acids is 1. The number of hydrogen-bond acceptors (Lipinski definition) is 4. The van der Waals surface area contributed by atoms with Gasteiger partial charge in [-0.1, -0.05) is 29.8 Å². The van der Waals surface area contributed by atoms with Gasteiger partial charge < -0.3 is 20.1 Å². The molecular formula is C21H25ClN2O3. The molecule has 1 amide bonds. The number of amides is 1. The lowest BCUT2D eigenvalue weighted by molar-refractivity contribution is -0.122. The minimum atomic E-state index is -0.140. The lowest BCUT2D eigenvalue weighted by atomic mass is 10.1. The Labute approximate surface area is 165 Å². The van der Waals surface area contributed by atoms with E-state index in [9.17, 15) is 4.79 Å². The Bertz CT molecular complexity index is 765. The highest BCUT2D eigenvalue weighted by Crippen LogP contribution is 2.29. The summed E-state index contributed by atoms with van der Waals surface area (Å²) in [6.07, 6.45) is 2.96. The standard InChI is InChI=1S/C21H25ClN2O3/c1-26-20-12-16(13-24-18-4-2-3-11-23-21(18)25)7-10-19(20)27-14-15-5-8-17(22)9-6-15/h5-10,12,18,24H,2-4,11,13-14H2,1H3,(H,23,25). The Morgan fingerprint density at radius 1 is 1.11 bits per heavy atom. The summed E-state index contributed by atoms with van der Waals surface area (Å²) in [5, 5.41) is 6.99. The van der Waals surface area contributed by atoms with Gasteiger partial charge in [0.15, 0.2) is 11.5 Å². The summed E-state index contributed by atoms with van der Waals surface area (Å²) < 4.78 is 11.4. The number of rotatable bonds is 7. The molecule has 1 saturated heterocycles. The average molecular weight is 389 g/mol. The summed E-state index contributed by atoms with van der Waals surface area (Å²) >= 11 is 5.91. The van der Waals surface area contributed by atoms with Crippen LogP contribution < -0.4 is 20.1 Å². The van der Waals surface area contributed by atoms with Gasteiger partial charge in [0.25, 0.3) is 0 Å². The first-order valence-corrected chi connectivity index (χ1v) is 9.59. The molecule has 0 aliphatic carbocycles.